The maximum absolute atomic E-state index is 12.7. The smallest absolute Gasteiger partial charge is 0.210 e. The number of carbonyl (C=O) groups is 1. The van der Waals surface area contributed by atoms with Gasteiger partial charge in [0, 0.05) is 5.56 Å². The number of methoxy groups -OCH3 is 1. The number of ketones is 1. The zero-order chi connectivity index (χ0) is 17.0. The van der Waals surface area contributed by atoms with Crippen molar-refractivity contribution in [1.29, 1.82) is 0 Å². The number of benzene rings is 2. The lowest BCUT2D eigenvalue weighted by molar-refractivity contribution is 0.104. The van der Waals surface area contributed by atoms with Crippen LogP contribution in [-0.2, 0) is 9.84 Å². The molecule has 23 heavy (non-hydrogen) atoms. The fourth-order valence-electron chi connectivity index (χ4n) is 2.14. The van der Waals surface area contributed by atoms with Crippen LogP contribution in [-0.4, -0.2) is 21.3 Å². The van der Waals surface area contributed by atoms with Crippen LogP contribution in [0.15, 0.2) is 64.4 Å². The zero-order valence-electron chi connectivity index (χ0n) is 13.2. The van der Waals surface area contributed by atoms with Gasteiger partial charge in [0.05, 0.1) is 12.0 Å². The molecule has 4 nitrogen and oxygen atoms in total. The summed E-state index contributed by atoms with van der Waals surface area (Å²) in [5, 5.41) is 0. The summed E-state index contributed by atoms with van der Waals surface area (Å²) in [6.45, 7) is 3.41. The van der Waals surface area contributed by atoms with Crippen molar-refractivity contribution in [2.75, 3.05) is 7.11 Å². The minimum Gasteiger partial charge on any atom is -0.497 e. The average Bonchev–Trinajstić information content (AvgIpc) is 2.55. The molecule has 0 saturated heterocycles. The molecule has 120 valence electrons. The van der Waals surface area contributed by atoms with E-state index in [9.17, 15) is 13.2 Å². The predicted molar refractivity (Wildman–Crippen MR) is 89.4 cm³/mol. The number of Topliss-reactive ketones (excluding diaryl/α,β-unsaturated/α-hetero) is 1. The molecule has 0 aliphatic rings. The molecule has 0 saturated carbocycles. The van der Waals surface area contributed by atoms with E-state index in [2.05, 4.69) is 0 Å². The Hall–Kier alpha value is -2.40. The van der Waals surface area contributed by atoms with Gasteiger partial charge in [0.2, 0.25) is 15.6 Å². The van der Waals surface area contributed by atoms with Crippen molar-refractivity contribution in [3.8, 4) is 5.75 Å². The Balaban J connectivity index is 2.41. The second kappa shape index (κ2) is 6.79. The van der Waals surface area contributed by atoms with Gasteiger partial charge >= 0.3 is 0 Å². The number of sulfone groups is 1. The standard InChI is InChI=1S/C18H18O4S/c1-4-17(18(19)14-7-9-15(22-3)10-8-14)23(20,21)16-11-5-13(2)6-12-16/h4-12H,1-3H3/b17-4+. The highest BCUT2D eigenvalue weighted by Gasteiger charge is 2.27. The van der Waals surface area contributed by atoms with Gasteiger partial charge in [-0.3, -0.25) is 4.79 Å². The van der Waals surface area contributed by atoms with Crippen molar-refractivity contribution in [2.24, 2.45) is 0 Å². The van der Waals surface area contributed by atoms with Gasteiger partial charge in [-0.05, 0) is 50.2 Å². The van der Waals surface area contributed by atoms with Crippen molar-refractivity contribution in [1.82, 2.24) is 0 Å². The number of ether oxygens (including phenoxy) is 1. The first kappa shape index (κ1) is 17.0. The summed E-state index contributed by atoms with van der Waals surface area (Å²) in [6, 6.07) is 12.8. The SMILES string of the molecule is C/C=C(\C(=O)c1ccc(OC)cc1)S(=O)(=O)c1ccc(C)cc1. The van der Waals surface area contributed by atoms with E-state index in [-0.39, 0.29) is 9.80 Å². The normalized spacial score (nSPS) is 12.0. The first-order chi connectivity index (χ1) is 10.9. The van der Waals surface area contributed by atoms with Crippen molar-refractivity contribution in [3.63, 3.8) is 0 Å². The molecule has 0 aromatic heterocycles. The highest BCUT2D eigenvalue weighted by Crippen LogP contribution is 2.24. The fourth-order valence-corrected chi connectivity index (χ4v) is 3.56. The summed E-state index contributed by atoms with van der Waals surface area (Å²) in [5.41, 5.74) is 1.25. The quantitative estimate of drug-likeness (QED) is 0.621. The van der Waals surface area contributed by atoms with E-state index in [1.807, 2.05) is 6.92 Å². The van der Waals surface area contributed by atoms with Crippen molar-refractivity contribution < 1.29 is 17.9 Å². The van der Waals surface area contributed by atoms with Gasteiger partial charge in [-0.1, -0.05) is 23.8 Å². The maximum atomic E-state index is 12.7. The Morgan fingerprint density at radius 2 is 1.57 bits per heavy atom. The molecule has 0 fully saturated rings. The van der Waals surface area contributed by atoms with E-state index < -0.39 is 15.6 Å². The molecule has 0 atom stereocenters. The Morgan fingerprint density at radius 1 is 1.00 bits per heavy atom. The van der Waals surface area contributed by atoms with E-state index in [1.54, 1.807) is 43.3 Å². The molecule has 0 amide bonds. The molecule has 2 rings (SSSR count). The lowest BCUT2D eigenvalue weighted by Gasteiger charge is -2.09. The molecule has 0 N–H and O–H groups in total. The Kier molecular flexibility index (Phi) is 5.01. The van der Waals surface area contributed by atoms with Crippen LogP contribution < -0.4 is 4.74 Å². The van der Waals surface area contributed by atoms with E-state index in [4.69, 9.17) is 4.74 Å². The average molecular weight is 330 g/mol. The van der Waals surface area contributed by atoms with Crippen LogP contribution in [0.3, 0.4) is 0 Å². The van der Waals surface area contributed by atoms with Gasteiger partial charge in [-0.15, -0.1) is 0 Å². The summed E-state index contributed by atoms with van der Waals surface area (Å²) in [4.78, 5) is 12.5. The summed E-state index contributed by atoms with van der Waals surface area (Å²) >= 11 is 0. The molecular weight excluding hydrogens is 312 g/mol. The topological polar surface area (TPSA) is 60.4 Å². The van der Waals surface area contributed by atoms with E-state index >= 15 is 0 Å². The lowest BCUT2D eigenvalue weighted by Crippen LogP contribution is -2.14. The summed E-state index contributed by atoms with van der Waals surface area (Å²) in [7, 11) is -2.33. The third kappa shape index (κ3) is 3.51. The number of rotatable bonds is 5. The second-order valence-corrected chi connectivity index (χ2v) is 6.95. The summed E-state index contributed by atoms with van der Waals surface area (Å²) in [5.74, 6) is 0.0701. The van der Waals surface area contributed by atoms with E-state index in [0.29, 0.717) is 11.3 Å². The first-order valence-electron chi connectivity index (χ1n) is 7.07. The van der Waals surface area contributed by atoms with Gasteiger partial charge in [-0.25, -0.2) is 8.42 Å². The zero-order valence-corrected chi connectivity index (χ0v) is 14.1. The van der Waals surface area contributed by atoms with E-state index in [1.165, 1.54) is 25.3 Å². The predicted octanol–water partition coefficient (Wildman–Crippen LogP) is 3.56. The summed E-state index contributed by atoms with van der Waals surface area (Å²) < 4.78 is 30.4. The molecule has 0 heterocycles. The molecule has 0 radical (unpaired) electrons. The molecule has 0 bridgehead atoms. The van der Waals surface area contributed by atoms with Crippen LogP contribution in [0, 0.1) is 6.92 Å². The highest BCUT2D eigenvalue weighted by molar-refractivity contribution is 7.96. The molecular formula is C18H18O4S. The van der Waals surface area contributed by atoms with E-state index in [0.717, 1.165) is 5.56 Å². The van der Waals surface area contributed by atoms with Crippen LogP contribution in [0.4, 0.5) is 0 Å². The van der Waals surface area contributed by atoms with Crippen LogP contribution >= 0.6 is 0 Å². The Morgan fingerprint density at radius 3 is 2.04 bits per heavy atom. The molecule has 2 aromatic rings. The van der Waals surface area contributed by atoms with Gasteiger partial charge in [0.15, 0.2) is 0 Å². The second-order valence-electron chi connectivity index (χ2n) is 5.03. The molecule has 0 aliphatic carbocycles. The minimum atomic E-state index is -3.85. The van der Waals surface area contributed by atoms with Crippen molar-refractivity contribution in [2.45, 2.75) is 18.7 Å². The molecule has 2 aromatic carbocycles. The van der Waals surface area contributed by atoms with Gasteiger partial charge in [0.25, 0.3) is 0 Å². The van der Waals surface area contributed by atoms with Crippen LogP contribution in [0.5, 0.6) is 5.75 Å². The van der Waals surface area contributed by atoms with Crippen LogP contribution in [0.2, 0.25) is 0 Å². The monoisotopic (exact) mass is 330 g/mol. The largest absolute Gasteiger partial charge is 0.497 e. The molecule has 0 unspecified atom stereocenters. The Bertz CT molecular complexity index is 830. The maximum Gasteiger partial charge on any atom is 0.210 e. The highest BCUT2D eigenvalue weighted by atomic mass is 32.2. The number of hydrogen-bond acceptors (Lipinski definition) is 4. The number of hydrogen-bond donors (Lipinski definition) is 0. The van der Waals surface area contributed by atoms with Crippen molar-refractivity contribution in [3.05, 3.63) is 70.6 Å². The van der Waals surface area contributed by atoms with Crippen molar-refractivity contribution >= 4 is 15.6 Å². The van der Waals surface area contributed by atoms with Gasteiger partial charge in [0.1, 0.15) is 10.7 Å². The van der Waals surface area contributed by atoms with Gasteiger partial charge in [-0.2, -0.15) is 0 Å². The van der Waals surface area contributed by atoms with Crippen LogP contribution in [0.25, 0.3) is 0 Å². The lowest BCUT2D eigenvalue weighted by atomic mass is 10.1. The molecule has 0 aliphatic heterocycles. The Labute approximate surface area is 136 Å². The molecule has 5 heteroatoms. The number of allylic oxidation sites excluding steroid dienone is 2. The minimum absolute atomic E-state index is 0.109. The molecule has 0 spiro atoms. The third-order valence-corrected chi connectivity index (χ3v) is 5.35. The fraction of sp³-hybridized carbons (Fsp3) is 0.167. The van der Waals surface area contributed by atoms with Gasteiger partial charge < -0.3 is 4.74 Å². The third-order valence-electron chi connectivity index (χ3n) is 3.46. The number of aryl methyl sites for hydroxylation is 1. The first-order valence-corrected chi connectivity index (χ1v) is 8.55. The number of carbonyl (C=O) groups excluding carboxylic acids is 1. The summed E-state index contributed by atoms with van der Waals surface area (Å²) in [6.07, 6.45) is 1.34. The van der Waals surface area contributed by atoms with Crippen LogP contribution in [0.1, 0.15) is 22.8 Å².